The van der Waals surface area contributed by atoms with Crippen molar-refractivity contribution in [1.82, 2.24) is 9.97 Å². The largest absolute Gasteiger partial charge is 0.454 e. The molecule has 120 valence electrons. The van der Waals surface area contributed by atoms with E-state index in [0.717, 1.165) is 0 Å². The number of anilines is 2. The third-order valence-corrected chi connectivity index (χ3v) is 3.53. The van der Waals surface area contributed by atoms with Crippen molar-refractivity contribution in [1.29, 1.82) is 0 Å². The van der Waals surface area contributed by atoms with Crippen molar-refractivity contribution >= 4 is 28.6 Å². The molecule has 8 nitrogen and oxygen atoms in total. The number of nitrogen functional groups attached to an aromatic ring is 2. The van der Waals surface area contributed by atoms with Gasteiger partial charge in [-0.05, 0) is 30.3 Å². The van der Waals surface area contributed by atoms with Gasteiger partial charge in [-0.25, -0.2) is 9.78 Å². The maximum atomic E-state index is 12.3. The Morgan fingerprint density at radius 3 is 2.75 bits per heavy atom. The Morgan fingerprint density at radius 2 is 1.88 bits per heavy atom. The molecule has 0 unspecified atom stereocenters. The average molecular weight is 324 g/mol. The van der Waals surface area contributed by atoms with Crippen molar-refractivity contribution in [2.75, 3.05) is 18.3 Å². The van der Waals surface area contributed by atoms with Gasteiger partial charge in [0.1, 0.15) is 11.6 Å². The Balaban J connectivity index is 1.63. The highest BCUT2D eigenvalue weighted by molar-refractivity contribution is 5.98. The lowest BCUT2D eigenvalue weighted by Gasteiger charge is -2.07. The van der Waals surface area contributed by atoms with Gasteiger partial charge in [0.15, 0.2) is 11.5 Å². The molecule has 8 heteroatoms. The summed E-state index contributed by atoms with van der Waals surface area (Å²) in [6, 6.07) is 9.70. The van der Waals surface area contributed by atoms with Crippen LogP contribution in [0, 0.1) is 0 Å². The number of nitrogens with two attached hydrogens (primary N) is 2. The summed E-state index contributed by atoms with van der Waals surface area (Å²) in [5.74, 6) is 1.25. The summed E-state index contributed by atoms with van der Waals surface area (Å²) in [5.41, 5.74) is 12.3. The normalized spacial score (nSPS) is 12.3. The Kier molecular flexibility index (Phi) is 3.09. The number of hydrogen-bond donors (Lipinski definition) is 2. The van der Waals surface area contributed by atoms with Crippen molar-refractivity contribution in [2.24, 2.45) is 0 Å². The molecule has 0 saturated carbocycles. The standard InChI is InChI=1S/C16H12N4O4/c17-14-10-5-8(1-3-11(10)19-16(18)20-14)15(21)24-9-2-4-12-13(6-9)23-7-22-12/h1-6H,7H2,(H4,17,18,19,20). The van der Waals surface area contributed by atoms with E-state index in [0.29, 0.717) is 33.7 Å². The van der Waals surface area contributed by atoms with E-state index in [9.17, 15) is 4.79 Å². The number of aromatic nitrogens is 2. The third-order valence-electron chi connectivity index (χ3n) is 3.53. The molecule has 0 spiro atoms. The molecular formula is C16H12N4O4. The first kappa shape index (κ1) is 14.1. The van der Waals surface area contributed by atoms with Crippen LogP contribution in [0.4, 0.5) is 11.8 Å². The summed E-state index contributed by atoms with van der Waals surface area (Å²) >= 11 is 0. The fourth-order valence-electron chi connectivity index (χ4n) is 2.40. The number of ether oxygens (including phenoxy) is 3. The number of rotatable bonds is 2. The van der Waals surface area contributed by atoms with Gasteiger partial charge in [0.2, 0.25) is 12.7 Å². The summed E-state index contributed by atoms with van der Waals surface area (Å²) in [7, 11) is 0. The number of carbonyl (C=O) groups is 1. The highest BCUT2D eigenvalue weighted by Gasteiger charge is 2.16. The van der Waals surface area contributed by atoms with Gasteiger partial charge >= 0.3 is 5.97 Å². The quantitative estimate of drug-likeness (QED) is 0.540. The predicted molar refractivity (Wildman–Crippen MR) is 85.9 cm³/mol. The molecule has 0 amide bonds. The lowest BCUT2D eigenvalue weighted by Crippen LogP contribution is -2.09. The first-order valence-electron chi connectivity index (χ1n) is 7.05. The highest BCUT2D eigenvalue weighted by atomic mass is 16.7. The van der Waals surface area contributed by atoms with Crippen molar-refractivity contribution < 1.29 is 19.0 Å². The summed E-state index contributed by atoms with van der Waals surface area (Å²) < 4.78 is 15.8. The Hall–Kier alpha value is -3.55. The van der Waals surface area contributed by atoms with Crippen LogP contribution in [-0.2, 0) is 0 Å². The molecule has 3 aromatic rings. The molecule has 1 aromatic heterocycles. The molecule has 0 atom stereocenters. The van der Waals surface area contributed by atoms with Gasteiger partial charge in [-0.2, -0.15) is 4.98 Å². The lowest BCUT2D eigenvalue weighted by molar-refractivity contribution is 0.0734. The smallest absolute Gasteiger partial charge is 0.343 e. The van der Waals surface area contributed by atoms with Gasteiger partial charge in [0.25, 0.3) is 0 Å². The van der Waals surface area contributed by atoms with Crippen LogP contribution in [0.15, 0.2) is 36.4 Å². The number of esters is 1. The molecule has 1 aliphatic heterocycles. The Labute approximate surface area is 136 Å². The Bertz CT molecular complexity index is 974. The van der Waals surface area contributed by atoms with Gasteiger partial charge in [0.05, 0.1) is 11.1 Å². The molecule has 0 bridgehead atoms. The number of benzene rings is 2. The molecule has 0 saturated heterocycles. The number of carbonyl (C=O) groups excluding carboxylic acids is 1. The summed E-state index contributed by atoms with van der Waals surface area (Å²) in [6.45, 7) is 0.153. The van der Waals surface area contributed by atoms with E-state index >= 15 is 0 Å². The SMILES string of the molecule is Nc1nc(N)c2cc(C(=O)Oc3ccc4c(c3)OCO4)ccc2n1. The van der Waals surface area contributed by atoms with E-state index in [1.54, 1.807) is 36.4 Å². The molecule has 4 rings (SSSR count). The van der Waals surface area contributed by atoms with E-state index in [2.05, 4.69) is 9.97 Å². The number of nitrogens with zero attached hydrogens (tertiary/aromatic N) is 2. The van der Waals surface area contributed by atoms with Crippen molar-refractivity contribution in [2.45, 2.75) is 0 Å². The van der Waals surface area contributed by atoms with E-state index in [1.807, 2.05) is 0 Å². The highest BCUT2D eigenvalue weighted by Crippen LogP contribution is 2.35. The van der Waals surface area contributed by atoms with Crippen molar-refractivity contribution in [3.63, 3.8) is 0 Å². The molecule has 2 aromatic carbocycles. The van der Waals surface area contributed by atoms with E-state index in [1.165, 1.54) is 0 Å². The van der Waals surface area contributed by atoms with Crippen LogP contribution in [0.1, 0.15) is 10.4 Å². The van der Waals surface area contributed by atoms with Gasteiger partial charge in [-0.15, -0.1) is 0 Å². The van der Waals surface area contributed by atoms with E-state index < -0.39 is 5.97 Å². The second-order valence-electron chi connectivity index (χ2n) is 5.10. The summed E-state index contributed by atoms with van der Waals surface area (Å²) in [6.07, 6.45) is 0. The minimum absolute atomic E-state index is 0.0793. The van der Waals surface area contributed by atoms with Crippen LogP contribution in [0.5, 0.6) is 17.2 Å². The van der Waals surface area contributed by atoms with Gasteiger partial charge in [-0.3, -0.25) is 0 Å². The number of fused-ring (bicyclic) bond motifs is 2. The first-order valence-corrected chi connectivity index (χ1v) is 7.05. The van der Waals surface area contributed by atoms with Gasteiger partial charge in [-0.1, -0.05) is 0 Å². The molecule has 2 heterocycles. The minimum Gasteiger partial charge on any atom is -0.454 e. The van der Waals surface area contributed by atoms with Crippen molar-refractivity contribution in [3.05, 3.63) is 42.0 Å². The average Bonchev–Trinajstić information content (AvgIpc) is 3.02. The zero-order chi connectivity index (χ0) is 16.7. The maximum absolute atomic E-state index is 12.3. The lowest BCUT2D eigenvalue weighted by atomic mass is 10.1. The van der Waals surface area contributed by atoms with Gasteiger partial charge in [0, 0.05) is 11.5 Å². The van der Waals surface area contributed by atoms with Crippen molar-refractivity contribution in [3.8, 4) is 17.2 Å². The van der Waals surface area contributed by atoms with Crippen LogP contribution in [0.25, 0.3) is 10.9 Å². The molecule has 0 radical (unpaired) electrons. The first-order chi connectivity index (χ1) is 11.6. The van der Waals surface area contributed by atoms with Crippen LogP contribution >= 0.6 is 0 Å². The second kappa shape index (κ2) is 5.27. The predicted octanol–water partition coefficient (Wildman–Crippen LogP) is 1.74. The van der Waals surface area contributed by atoms with E-state index in [-0.39, 0.29) is 18.6 Å². The van der Waals surface area contributed by atoms with E-state index in [4.69, 9.17) is 25.7 Å². The van der Waals surface area contributed by atoms with Crippen LogP contribution < -0.4 is 25.7 Å². The zero-order valence-electron chi connectivity index (χ0n) is 12.4. The number of hydrogen-bond acceptors (Lipinski definition) is 8. The van der Waals surface area contributed by atoms with Crippen LogP contribution in [0.2, 0.25) is 0 Å². The second-order valence-corrected chi connectivity index (χ2v) is 5.10. The summed E-state index contributed by atoms with van der Waals surface area (Å²) in [4.78, 5) is 20.3. The topological polar surface area (TPSA) is 123 Å². The monoisotopic (exact) mass is 324 g/mol. The molecule has 0 fully saturated rings. The van der Waals surface area contributed by atoms with Crippen LogP contribution in [0.3, 0.4) is 0 Å². The third kappa shape index (κ3) is 2.39. The minimum atomic E-state index is -0.535. The van der Waals surface area contributed by atoms with Gasteiger partial charge < -0.3 is 25.7 Å². The molecule has 0 aliphatic carbocycles. The fraction of sp³-hybridized carbons (Fsp3) is 0.0625. The summed E-state index contributed by atoms with van der Waals surface area (Å²) in [5, 5.41) is 0.532. The fourth-order valence-corrected chi connectivity index (χ4v) is 2.40. The Morgan fingerprint density at radius 1 is 1.04 bits per heavy atom. The zero-order valence-corrected chi connectivity index (χ0v) is 12.4. The molecule has 4 N–H and O–H groups in total. The molecule has 1 aliphatic rings. The molecule has 24 heavy (non-hydrogen) atoms. The van der Waals surface area contributed by atoms with Crippen LogP contribution in [-0.4, -0.2) is 22.7 Å². The maximum Gasteiger partial charge on any atom is 0.343 e. The molecular weight excluding hydrogens is 312 g/mol.